The molecule has 226 valence electrons. The Balaban J connectivity index is 1.20. The summed E-state index contributed by atoms with van der Waals surface area (Å²) >= 11 is 1.48. The number of carbonyl (C=O) groups excluding carboxylic acids is 3. The maximum Gasteiger partial charge on any atom is 0.261 e. The molecule has 8 nitrogen and oxygen atoms in total. The predicted octanol–water partition coefficient (Wildman–Crippen LogP) is 6.78. The molecule has 2 aliphatic rings. The molecule has 0 bridgehead atoms. The predicted molar refractivity (Wildman–Crippen MR) is 177 cm³/mol. The van der Waals surface area contributed by atoms with Crippen molar-refractivity contribution >= 4 is 46.3 Å². The van der Waals surface area contributed by atoms with Crippen LogP contribution in [0.5, 0.6) is 0 Å². The number of aromatic nitrogens is 1. The van der Waals surface area contributed by atoms with E-state index in [1.54, 1.807) is 42.6 Å². The van der Waals surface area contributed by atoms with Crippen molar-refractivity contribution in [2.24, 2.45) is 0 Å². The first-order valence-corrected chi connectivity index (χ1v) is 16.0. The third kappa shape index (κ3) is 5.97. The van der Waals surface area contributed by atoms with E-state index >= 15 is 0 Å². The maximum atomic E-state index is 13.9. The molecule has 2 aliphatic heterocycles. The second kappa shape index (κ2) is 12.2. The van der Waals surface area contributed by atoms with Crippen molar-refractivity contribution < 1.29 is 14.4 Å². The van der Waals surface area contributed by atoms with Crippen LogP contribution in [0.2, 0.25) is 0 Å². The van der Waals surface area contributed by atoms with Crippen LogP contribution >= 0.6 is 11.3 Å². The monoisotopic (exact) mass is 607 g/mol. The van der Waals surface area contributed by atoms with Gasteiger partial charge in [-0.05, 0) is 93.6 Å². The molecule has 9 heteroatoms. The van der Waals surface area contributed by atoms with Gasteiger partial charge < -0.3 is 20.4 Å². The highest BCUT2D eigenvalue weighted by Gasteiger charge is 2.29. The van der Waals surface area contributed by atoms with Gasteiger partial charge in [0.2, 0.25) is 0 Å². The van der Waals surface area contributed by atoms with Crippen LogP contribution in [0, 0.1) is 0 Å². The van der Waals surface area contributed by atoms with Crippen molar-refractivity contribution in [3.05, 3.63) is 94.5 Å². The number of thiophene rings is 1. The van der Waals surface area contributed by atoms with Gasteiger partial charge in [-0.25, -0.2) is 4.98 Å². The van der Waals surface area contributed by atoms with E-state index in [0.29, 0.717) is 40.5 Å². The number of benzene rings is 2. The van der Waals surface area contributed by atoms with Crippen molar-refractivity contribution in [3.63, 3.8) is 0 Å². The van der Waals surface area contributed by atoms with Crippen molar-refractivity contribution in [3.8, 4) is 10.4 Å². The summed E-state index contributed by atoms with van der Waals surface area (Å²) in [7, 11) is 0. The summed E-state index contributed by atoms with van der Waals surface area (Å²) in [6.07, 6.45) is 5.38. The van der Waals surface area contributed by atoms with E-state index < -0.39 is 0 Å². The average Bonchev–Trinajstić information content (AvgIpc) is 3.70. The molecule has 0 atom stereocenters. The zero-order valence-corrected chi connectivity index (χ0v) is 26.2. The Kier molecular flexibility index (Phi) is 8.23. The first-order chi connectivity index (χ1) is 21.2. The van der Waals surface area contributed by atoms with E-state index in [2.05, 4.69) is 27.4 Å². The number of amides is 3. The highest BCUT2D eigenvalue weighted by atomic mass is 32.1. The van der Waals surface area contributed by atoms with Crippen LogP contribution in [-0.2, 0) is 6.42 Å². The molecule has 0 unspecified atom stereocenters. The van der Waals surface area contributed by atoms with Gasteiger partial charge in [0.05, 0.1) is 16.1 Å². The number of nitrogens with zero attached hydrogens (tertiary/aromatic N) is 3. The number of carbonyl (C=O) groups is 3. The SMILES string of the molecule is CCC(C)(C)NC(=O)c1cc2c(s1)-c1ccccc1N(C(=O)c1ccc(NC(=O)c3cccnc3N3CCCC3)cc1)CC2. The molecule has 3 amide bonds. The van der Waals surface area contributed by atoms with Gasteiger partial charge in [-0.15, -0.1) is 11.3 Å². The summed E-state index contributed by atoms with van der Waals surface area (Å²) in [5.41, 5.74) is 4.23. The third-order valence-corrected chi connectivity index (χ3v) is 9.69. The van der Waals surface area contributed by atoms with Gasteiger partial charge in [0.15, 0.2) is 0 Å². The molecule has 6 rings (SSSR count). The minimum absolute atomic E-state index is 0.0664. The lowest BCUT2D eigenvalue weighted by atomic mass is 10.0. The van der Waals surface area contributed by atoms with Gasteiger partial charge in [-0.3, -0.25) is 14.4 Å². The summed E-state index contributed by atoms with van der Waals surface area (Å²) in [6, 6.07) is 20.5. The number of rotatable bonds is 7. The number of hydrogen-bond acceptors (Lipinski definition) is 6. The van der Waals surface area contributed by atoms with Crippen molar-refractivity contribution in [2.75, 3.05) is 34.8 Å². The molecule has 2 aromatic heterocycles. The van der Waals surface area contributed by atoms with Gasteiger partial charge in [0.25, 0.3) is 17.7 Å². The fourth-order valence-corrected chi connectivity index (χ4v) is 6.82. The van der Waals surface area contributed by atoms with Crippen LogP contribution in [0.15, 0.2) is 72.9 Å². The lowest BCUT2D eigenvalue weighted by Crippen LogP contribution is -2.42. The topological polar surface area (TPSA) is 94.6 Å². The Bertz CT molecular complexity index is 1710. The van der Waals surface area contributed by atoms with Gasteiger partial charge in [-0.2, -0.15) is 0 Å². The molecule has 1 fully saturated rings. The molecule has 1 saturated heterocycles. The average molecular weight is 608 g/mol. The standard InChI is InChI=1S/C35H37N5O3S/c1-4-35(2,3)38-33(42)29-22-24-17-21-40(28-12-6-5-10-26(28)30(24)44-29)34(43)23-13-15-25(16-14-23)37-32(41)27-11-9-18-36-31(27)39-19-7-8-20-39/h5-6,9-16,18,22H,4,7-8,17,19-21H2,1-3H3,(H,37,41)(H,38,42). The Morgan fingerprint density at radius 3 is 2.43 bits per heavy atom. The third-order valence-electron chi connectivity index (χ3n) is 8.48. The van der Waals surface area contributed by atoms with Crippen LogP contribution in [-0.4, -0.2) is 47.9 Å². The lowest BCUT2D eigenvalue weighted by molar-refractivity contribution is 0.0913. The molecule has 0 spiro atoms. The first-order valence-electron chi connectivity index (χ1n) is 15.2. The van der Waals surface area contributed by atoms with Crippen molar-refractivity contribution in [2.45, 2.75) is 52.0 Å². The molecule has 4 aromatic rings. The van der Waals surface area contributed by atoms with Crippen molar-refractivity contribution in [1.29, 1.82) is 0 Å². The molecular weight excluding hydrogens is 570 g/mol. The summed E-state index contributed by atoms with van der Waals surface area (Å²) in [5, 5.41) is 6.11. The smallest absolute Gasteiger partial charge is 0.261 e. The molecule has 0 radical (unpaired) electrons. The van der Waals surface area contributed by atoms with E-state index in [4.69, 9.17) is 0 Å². The maximum absolute atomic E-state index is 13.9. The Hall–Kier alpha value is -4.50. The number of para-hydroxylation sites is 1. The molecule has 44 heavy (non-hydrogen) atoms. The molecule has 2 aromatic carbocycles. The first kappa shape index (κ1) is 29.6. The zero-order chi connectivity index (χ0) is 30.8. The largest absolute Gasteiger partial charge is 0.356 e. The van der Waals surface area contributed by atoms with Crippen LogP contribution < -0.4 is 20.4 Å². The molecule has 2 N–H and O–H groups in total. The number of hydrogen-bond donors (Lipinski definition) is 2. The van der Waals surface area contributed by atoms with Crippen LogP contribution in [0.1, 0.15) is 76.0 Å². The second-order valence-corrected chi connectivity index (χ2v) is 13.0. The van der Waals surface area contributed by atoms with E-state index in [-0.39, 0.29) is 23.3 Å². The lowest BCUT2D eigenvalue weighted by Gasteiger charge is -2.24. The van der Waals surface area contributed by atoms with Gasteiger partial charge in [-0.1, -0.05) is 25.1 Å². The molecular formula is C35H37N5O3S. The summed E-state index contributed by atoms with van der Waals surface area (Å²) in [6.45, 7) is 8.38. The molecule has 4 heterocycles. The van der Waals surface area contributed by atoms with Crippen LogP contribution in [0.25, 0.3) is 10.4 Å². The van der Waals surface area contributed by atoms with Crippen molar-refractivity contribution in [1.82, 2.24) is 10.3 Å². The highest BCUT2D eigenvalue weighted by molar-refractivity contribution is 7.17. The fraction of sp³-hybridized carbons (Fsp3) is 0.314. The molecule has 0 saturated carbocycles. The highest BCUT2D eigenvalue weighted by Crippen LogP contribution is 2.42. The van der Waals surface area contributed by atoms with E-state index in [9.17, 15) is 14.4 Å². The Morgan fingerprint density at radius 1 is 0.932 bits per heavy atom. The number of nitrogens with one attached hydrogen (secondary N) is 2. The number of pyridine rings is 1. The van der Waals surface area contributed by atoms with E-state index in [1.165, 1.54) is 11.3 Å². The summed E-state index contributed by atoms with van der Waals surface area (Å²) in [5.74, 6) is 0.304. The normalized spacial score (nSPS) is 14.4. The minimum atomic E-state index is -0.284. The number of anilines is 3. The summed E-state index contributed by atoms with van der Waals surface area (Å²) < 4.78 is 0. The van der Waals surface area contributed by atoms with Gasteiger partial charge in [0, 0.05) is 53.1 Å². The van der Waals surface area contributed by atoms with Crippen LogP contribution in [0.3, 0.4) is 0 Å². The second-order valence-electron chi connectivity index (χ2n) is 12.0. The Labute approximate surface area is 262 Å². The number of fused-ring (bicyclic) bond motifs is 3. The minimum Gasteiger partial charge on any atom is -0.356 e. The van der Waals surface area contributed by atoms with Crippen LogP contribution in [0.4, 0.5) is 17.2 Å². The van der Waals surface area contributed by atoms with Gasteiger partial charge in [0.1, 0.15) is 5.82 Å². The summed E-state index contributed by atoms with van der Waals surface area (Å²) in [4.78, 5) is 50.2. The van der Waals surface area contributed by atoms with Gasteiger partial charge >= 0.3 is 0 Å². The fourth-order valence-electron chi connectivity index (χ4n) is 5.68. The molecule has 0 aliphatic carbocycles. The quantitative estimate of drug-likeness (QED) is 0.241. The zero-order valence-electron chi connectivity index (χ0n) is 25.4. The van der Waals surface area contributed by atoms with E-state index in [0.717, 1.165) is 54.0 Å². The van der Waals surface area contributed by atoms with E-state index in [1.807, 2.05) is 49.1 Å². The Morgan fingerprint density at radius 2 is 1.68 bits per heavy atom.